The Balaban J connectivity index is 2.61. The first-order valence-electron chi connectivity index (χ1n) is 6.19. The number of hydrogen-bond acceptors (Lipinski definition) is 4. The van der Waals surface area contributed by atoms with Gasteiger partial charge >= 0.3 is 0 Å². The Kier molecular flexibility index (Phi) is 5.29. The number of anilines is 1. The third-order valence-electron chi connectivity index (χ3n) is 2.52. The highest BCUT2D eigenvalue weighted by molar-refractivity contribution is 5.84. The van der Waals surface area contributed by atoms with E-state index in [2.05, 4.69) is 10.6 Å². The lowest BCUT2D eigenvalue weighted by Crippen LogP contribution is -2.39. The zero-order valence-corrected chi connectivity index (χ0v) is 11.3. The van der Waals surface area contributed by atoms with Gasteiger partial charge in [-0.1, -0.05) is 19.9 Å². The molecule has 6 heteroatoms. The SMILES string of the molecule is CC(C)CNC(=O)C(C)Nc1cccc([N+](=O)[O-])c1. The predicted molar refractivity (Wildman–Crippen MR) is 74.0 cm³/mol. The van der Waals surface area contributed by atoms with Crippen molar-refractivity contribution in [1.82, 2.24) is 5.32 Å². The second-order valence-corrected chi connectivity index (χ2v) is 4.81. The summed E-state index contributed by atoms with van der Waals surface area (Å²) in [7, 11) is 0. The number of carbonyl (C=O) groups excluding carboxylic acids is 1. The molecule has 1 amide bonds. The van der Waals surface area contributed by atoms with E-state index in [0.717, 1.165) is 0 Å². The van der Waals surface area contributed by atoms with Crippen molar-refractivity contribution >= 4 is 17.3 Å². The van der Waals surface area contributed by atoms with E-state index in [1.165, 1.54) is 12.1 Å². The van der Waals surface area contributed by atoms with Crippen LogP contribution in [0.4, 0.5) is 11.4 Å². The first-order valence-corrected chi connectivity index (χ1v) is 6.19. The van der Waals surface area contributed by atoms with Crippen LogP contribution in [0.1, 0.15) is 20.8 Å². The van der Waals surface area contributed by atoms with Crippen molar-refractivity contribution in [2.24, 2.45) is 5.92 Å². The van der Waals surface area contributed by atoms with Gasteiger partial charge in [-0.15, -0.1) is 0 Å². The fraction of sp³-hybridized carbons (Fsp3) is 0.462. The van der Waals surface area contributed by atoms with Crippen LogP contribution in [0.5, 0.6) is 0 Å². The molecular weight excluding hydrogens is 246 g/mol. The van der Waals surface area contributed by atoms with Crippen LogP contribution in [0, 0.1) is 16.0 Å². The van der Waals surface area contributed by atoms with Gasteiger partial charge in [0.05, 0.1) is 4.92 Å². The van der Waals surface area contributed by atoms with Gasteiger partial charge in [-0.25, -0.2) is 0 Å². The summed E-state index contributed by atoms with van der Waals surface area (Å²) in [5.74, 6) is 0.258. The van der Waals surface area contributed by atoms with Gasteiger partial charge in [0.25, 0.3) is 5.69 Å². The van der Waals surface area contributed by atoms with E-state index in [-0.39, 0.29) is 11.6 Å². The molecule has 104 valence electrons. The van der Waals surface area contributed by atoms with Gasteiger partial charge in [-0.3, -0.25) is 14.9 Å². The molecule has 0 aliphatic heterocycles. The zero-order chi connectivity index (χ0) is 14.4. The number of rotatable bonds is 6. The average Bonchev–Trinajstić information content (AvgIpc) is 2.36. The van der Waals surface area contributed by atoms with E-state index in [4.69, 9.17) is 0 Å². The number of nitro benzene ring substituents is 1. The average molecular weight is 265 g/mol. The monoisotopic (exact) mass is 265 g/mol. The van der Waals surface area contributed by atoms with Crippen molar-refractivity contribution in [2.75, 3.05) is 11.9 Å². The van der Waals surface area contributed by atoms with Crippen molar-refractivity contribution in [3.8, 4) is 0 Å². The molecule has 0 radical (unpaired) electrons. The van der Waals surface area contributed by atoms with Crippen molar-refractivity contribution in [1.29, 1.82) is 0 Å². The summed E-state index contributed by atoms with van der Waals surface area (Å²) in [4.78, 5) is 21.9. The molecule has 1 rings (SSSR count). The second-order valence-electron chi connectivity index (χ2n) is 4.81. The summed E-state index contributed by atoms with van der Waals surface area (Å²) in [6.07, 6.45) is 0. The highest BCUT2D eigenvalue weighted by Crippen LogP contribution is 2.17. The number of nitrogens with one attached hydrogen (secondary N) is 2. The maximum absolute atomic E-state index is 11.8. The first kappa shape index (κ1) is 14.9. The molecule has 0 aromatic heterocycles. The van der Waals surface area contributed by atoms with Crippen LogP contribution in [-0.2, 0) is 4.79 Å². The van der Waals surface area contributed by atoms with E-state index in [9.17, 15) is 14.9 Å². The molecule has 1 aromatic carbocycles. The van der Waals surface area contributed by atoms with Gasteiger partial charge in [0.15, 0.2) is 0 Å². The molecule has 0 saturated heterocycles. The highest BCUT2D eigenvalue weighted by Gasteiger charge is 2.14. The molecule has 0 saturated carbocycles. The third-order valence-corrected chi connectivity index (χ3v) is 2.52. The lowest BCUT2D eigenvalue weighted by atomic mass is 10.2. The van der Waals surface area contributed by atoms with Crippen LogP contribution in [0.25, 0.3) is 0 Å². The Hall–Kier alpha value is -2.11. The number of non-ortho nitro benzene ring substituents is 1. The lowest BCUT2D eigenvalue weighted by Gasteiger charge is -2.16. The van der Waals surface area contributed by atoms with E-state index < -0.39 is 11.0 Å². The van der Waals surface area contributed by atoms with Gasteiger partial charge in [-0.05, 0) is 18.9 Å². The van der Waals surface area contributed by atoms with Gasteiger partial charge in [-0.2, -0.15) is 0 Å². The molecule has 0 spiro atoms. The Labute approximate surface area is 112 Å². The molecule has 19 heavy (non-hydrogen) atoms. The fourth-order valence-electron chi connectivity index (χ4n) is 1.48. The normalized spacial score (nSPS) is 12.0. The van der Waals surface area contributed by atoms with E-state index in [0.29, 0.717) is 18.2 Å². The van der Waals surface area contributed by atoms with Gasteiger partial charge in [0.2, 0.25) is 5.91 Å². The molecule has 0 heterocycles. The van der Waals surface area contributed by atoms with Crippen LogP contribution in [0.2, 0.25) is 0 Å². The number of benzene rings is 1. The van der Waals surface area contributed by atoms with Gasteiger partial charge in [0.1, 0.15) is 6.04 Å². The molecule has 0 aliphatic carbocycles. The van der Waals surface area contributed by atoms with Crippen LogP contribution in [0.3, 0.4) is 0 Å². The maximum atomic E-state index is 11.8. The molecule has 0 bridgehead atoms. The minimum atomic E-state index is -0.464. The Morgan fingerprint density at radius 2 is 2.05 bits per heavy atom. The summed E-state index contributed by atoms with van der Waals surface area (Å²) >= 11 is 0. The molecule has 6 nitrogen and oxygen atoms in total. The lowest BCUT2D eigenvalue weighted by molar-refractivity contribution is -0.384. The Bertz CT molecular complexity index is 460. The number of nitrogens with zero attached hydrogens (tertiary/aromatic N) is 1. The highest BCUT2D eigenvalue weighted by atomic mass is 16.6. The number of amides is 1. The number of carbonyl (C=O) groups is 1. The first-order chi connectivity index (χ1) is 8.90. The molecule has 1 atom stereocenters. The molecule has 2 N–H and O–H groups in total. The van der Waals surface area contributed by atoms with E-state index >= 15 is 0 Å². The summed E-state index contributed by atoms with van der Waals surface area (Å²) in [5, 5.41) is 16.4. The zero-order valence-electron chi connectivity index (χ0n) is 11.3. The Morgan fingerprint density at radius 3 is 2.63 bits per heavy atom. The molecular formula is C13H19N3O3. The standard InChI is InChI=1S/C13H19N3O3/c1-9(2)8-14-13(17)10(3)15-11-5-4-6-12(7-11)16(18)19/h4-7,9-10,15H,8H2,1-3H3,(H,14,17). The summed E-state index contributed by atoms with van der Waals surface area (Å²) in [6.45, 7) is 6.35. The number of hydrogen-bond donors (Lipinski definition) is 2. The minimum absolute atomic E-state index is 0.000196. The largest absolute Gasteiger partial charge is 0.374 e. The fourth-order valence-corrected chi connectivity index (χ4v) is 1.48. The van der Waals surface area contributed by atoms with E-state index in [1.54, 1.807) is 19.1 Å². The molecule has 0 fully saturated rings. The van der Waals surface area contributed by atoms with Gasteiger partial charge in [0, 0.05) is 24.4 Å². The molecule has 1 unspecified atom stereocenters. The minimum Gasteiger partial charge on any atom is -0.374 e. The van der Waals surface area contributed by atoms with Crippen LogP contribution in [-0.4, -0.2) is 23.4 Å². The summed E-state index contributed by atoms with van der Waals surface area (Å²) < 4.78 is 0. The van der Waals surface area contributed by atoms with Crippen molar-refractivity contribution < 1.29 is 9.72 Å². The van der Waals surface area contributed by atoms with Gasteiger partial charge < -0.3 is 10.6 Å². The second kappa shape index (κ2) is 6.72. The quantitative estimate of drug-likeness (QED) is 0.610. The third kappa shape index (κ3) is 4.95. The predicted octanol–water partition coefficient (Wildman–Crippen LogP) is 2.17. The smallest absolute Gasteiger partial charge is 0.271 e. The number of nitro groups is 1. The Morgan fingerprint density at radius 1 is 1.37 bits per heavy atom. The molecule has 1 aromatic rings. The summed E-state index contributed by atoms with van der Waals surface area (Å²) in [5.41, 5.74) is 0.557. The van der Waals surface area contributed by atoms with Crippen LogP contribution < -0.4 is 10.6 Å². The molecule has 0 aliphatic rings. The van der Waals surface area contributed by atoms with Crippen LogP contribution in [0.15, 0.2) is 24.3 Å². The topological polar surface area (TPSA) is 84.3 Å². The van der Waals surface area contributed by atoms with Crippen LogP contribution >= 0.6 is 0 Å². The van der Waals surface area contributed by atoms with E-state index in [1.807, 2.05) is 13.8 Å². The maximum Gasteiger partial charge on any atom is 0.271 e. The van der Waals surface area contributed by atoms with Crippen molar-refractivity contribution in [2.45, 2.75) is 26.8 Å². The van der Waals surface area contributed by atoms with Crippen molar-refractivity contribution in [3.63, 3.8) is 0 Å². The summed E-state index contributed by atoms with van der Waals surface area (Å²) in [6, 6.07) is 5.65. The van der Waals surface area contributed by atoms with Crippen molar-refractivity contribution in [3.05, 3.63) is 34.4 Å².